The quantitative estimate of drug-likeness (QED) is 0.515. The fraction of sp³-hybridized carbons (Fsp3) is 0. The molecule has 5 nitrogen and oxygen atoms in total. The van der Waals surface area contributed by atoms with Crippen LogP contribution in [0.15, 0.2) is 48.5 Å². The Balaban J connectivity index is 0. The van der Waals surface area contributed by atoms with Gasteiger partial charge in [0, 0.05) is 0 Å². The standard InChI is InChI=1S/C14H10O5.Ca.2H/c15-11-7-3-1-5-9(11)14(18)19-12-8-4-2-6-10(12)13(16)17;;;/h1-8,15H,(H,16,17);;;/q;+2;2*-1. The molecule has 0 unspecified atom stereocenters. The third kappa shape index (κ3) is 3.72. The molecule has 0 bridgehead atoms. The van der Waals surface area contributed by atoms with Crippen LogP contribution in [0.3, 0.4) is 0 Å². The minimum absolute atomic E-state index is 0. The maximum Gasteiger partial charge on any atom is 2.00 e. The summed E-state index contributed by atoms with van der Waals surface area (Å²) in [4.78, 5) is 22.8. The van der Waals surface area contributed by atoms with E-state index in [1.54, 1.807) is 18.2 Å². The monoisotopic (exact) mass is 300 g/mol. The summed E-state index contributed by atoms with van der Waals surface area (Å²) >= 11 is 0. The van der Waals surface area contributed by atoms with Crippen LogP contribution >= 0.6 is 0 Å². The summed E-state index contributed by atoms with van der Waals surface area (Å²) in [5.74, 6) is -2.30. The Kier molecular flexibility index (Phi) is 6.01. The summed E-state index contributed by atoms with van der Waals surface area (Å²) in [5.41, 5.74) is -0.144. The Morgan fingerprint density at radius 2 is 1.50 bits per heavy atom. The van der Waals surface area contributed by atoms with Crippen molar-refractivity contribution in [2.75, 3.05) is 0 Å². The van der Waals surface area contributed by atoms with E-state index in [4.69, 9.17) is 9.84 Å². The molecule has 0 spiro atoms. The SMILES string of the molecule is O=C(Oc1ccccc1C(=O)O)c1ccccc1O.[Ca+2].[H-].[H-]. The van der Waals surface area contributed by atoms with Gasteiger partial charge in [-0.3, -0.25) is 0 Å². The molecule has 0 aliphatic heterocycles. The molecule has 100 valence electrons. The molecule has 2 rings (SSSR count). The van der Waals surface area contributed by atoms with E-state index in [0.717, 1.165) is 0 Å². The van der Waals surface area contributed by atoms with Gasteiger partial charge >= 0.3 is 49.7 Å². The summed E-state index contributed by atoms with van der Waals surface area (Å²) < 4.78 is 4.99. The van der Waals surface area contributed by atoms with Crippen molar-refractivity contribution in [3.8, 4) is 11.5 Å². The van der Waals surface area contributed by atoms with E-state index in [2.05, 4.69) is 0 Å². The Morgan fingerprint density at radius 1 is 0.950 bits per heavy atom. The number of carboxylic acid groups (broad SMARTS) is 1. The molecule has 2 aromatic rings. The van der Waals surface area contributed by atoms with Crippen LogP contribution < -0.4 is 4.74 Å². The fourth-order valence-electron chi connectivity index (χ4n) is 1.53. The van der Waals surface area contributed by atoms with Crippen molar-refractivity contribution < 1.29 is 27.4 Å². The third-order valence-corrected chi connectivity index (χ3v) is 2.44. The van der Waals surface area contributed by atoms with Crippen LogP contribution in [0.2, 0.25) is 0 Å². The molecule has 0 amide bonds. The van der Waals surface area contributed by atoms with E-state index in [9.17, 15) is 14.7 Å². The summed E-state index contributed by atoms with van der Waals surface area (Å²) in [6, 6.07) is 11.7. The number of carbonyl (C=O) groups excluding carboxylic acids is 1. The first-order chi connectivity index (χ1) is 9.09. The number of para-hydroxylation sites is 2. The molecule has 0 aliphatic rings. The van der Waals surface area contributed by atoms with Crippen molar-refractivity contribution in [1.29, 1.82) is 0 Å². The average molecular weight is 300 g/mol. The maximum absolute atomic E-state index is 11.8. The second-order valence-corrected chi connectivity index (χ2v) is 3.71. The molecule has 0 radical (unpaired) electrons. The van der Waals surface area contributed by atoms with Gasteiger partial charge in [-0.2, -0.15) is 0 Å². The van der Waals surface area contributed by atoms with Gasteiger partial charge in [-0.05, 0) is 24.3 Å². The minimum Gasteiger partial charge on any atom is -1.00 e. The molecule has 2 N–H and O–H groups in total. The zero-order valence-corrected chi connectivity index (χ0v) is 12.7. The summed E-state index contributed by atoms with van der Waals surface area (Å²) in [7, 11) is 0. The van der Waals surface area contributed by atoms with Gasteiger partial charge in [0.1, 0.15) is 22.6 Å². The van der Waals surface area contributed by atoms with Crippen molar-refractivity contribution in [1.82, 2.24) is 0 Å². The van der Waals surface area contributed by atoms with E-state index in [1.807, 2.05) is 0 Å². The molecule has 0 fully saturated rings. The Hall–Kier alpha value is -1.56. The van der Waals surface area contributed by atoms with Crippen molar-refractivity contribution >= 4 is 49.7 Å². The van der Waals surface area contributed by atoms with Crippen LogP contribution in [0.4, 0.5) is 0 Å². The molecule has 2 aromatic carbocycles. The zero-order valence-electron chi connectivity index (χ0n) is 12.4. The number of esters is 1. The number of phenols is 1. The second-order valence-electron chi connectivity index (χ2n) is 3.71. The van der Waals surface area contributed by atoms with Gasteiger partial charge in [-0.15, -0.1) is 0 Å². The van der Waals surface area contributed by atoms with E-state index in [-0.39, 0.29) is 63.2 Å². The number of carbonyl (C=O) groups is 2. The number of aromatic hydroxyl groups is 1. The van der Waals surface area contributed by atoms with Crippen LogP contribution in [0.25, 0.3) is 0 Å². The first kappa shape index (κ1) is 16.5. The van der Waals surface area contributed by atoms with Crippen LogP contribution in [0, 0.1) is 0 Å². The van der Waals surface area contributed by atoms with Crippen LogP contribution in [-0.2, 0) is 0 Å². The van der Waals surface area contributed by atoms with Crippen LogP contribution in [0.1, 0.15) is 23.6 Å². The number of carboxylic acids is 1. The summed E-state index contributed by atoms with van der Waals surface area (Å²) in [6.45, 7) is 0. The number of hydrogen-bond acceptors (Lipinski definition) is 4. The molecular weight excluding hydrogens is 288 g/mol. The van der Waals surface area contributed by atoms with Gasteiger partial charge in [-0.25, -0.2) is 9.59 Å². The molecule has 0 saturated carbocycles. The Morgan fingerprint density at radius 3 is 2.10 bits per heavy atom. The number of benzene rings is 2. The summed E-state index contributed by atoms with van der Waals surface area (Å²) in [6.07, 6.45) is 0. The van der Waals surface area contributed by atoms with Gasteiger partial charge in [0.05, 0.1) is 0 Å². The topological polar surface area (TPSA) is 83.8 Å². The number of hydrogen-bond donors (Lipinski definition) is 2. The molecule has 6 heteroatoms. The van der Waals surface area contributed by atoms with Crippen LogP contribution in [0.5, 0.6) is 11.5 Å². The van der Waals surface area contributed by atoms with Crippen molar-refractivity contribution in [3.05, 3.63) is 59.7 Å². The number of rotatable bonds is 3. The third-order valence-electron chi connectivity index (χ3n) is 2.44. The fourth-order valence-corrected chi connectivity index (χ4v) is 1.53. The predicted molar refractivity (Wildman–Crippen MR) is 74.4 cm³/mol. The van der Waals surface area contributed by atoms with Gasteiger partial charge < -0.3 is 17.8 Å². The molecule has 0 aromatic heterocycles. The smallest absolute Gasteiger partial charge is 1.00 e. The van der Waals surface area contributed by atoms with E-state index >= 15 is 0 Å². The first-order valence-electron chi connectivity index (χ1n) is 5.42. The second kappa shape index (κ2) is 7.28. The van der Waals surface area contributed by atoms with Gasteiger partial charge in [0.15, 0.2) is 0 Å². The maximum atomic E-state index is 11.8. The van der Waals surface area contributed by atoms with E-state index in [0.29, 0.717) is 0 Å². The molecule has 0 atom stereocenters. The van der Waals surface area contributed by atoms with Crippen LogP contribution in [-0.4, -0.2) is 59.9 Å². The Labute approximate surface area is 147 Å². The normalized spacial score (nSPS) is 9.40. The Bertz CT molecular complexity index is 649. The van der Waals surface area contributed by atoms with Gasteiger partial charge in [0.2, 0.25) is 0 Å². The molecule has 0 heterocycles. The molecule has 0 saturated heterocycles. The number of phenolic OH excluding ortho intramolecular Hbond substituents is 1. The molecule has 0 aliphatic carbocycles. The van der Waals surface area contributed by atoms with Crippen molar-refractivity contribution in [3.63, 3.8) is 0 Å². The summed E-state index contributed by atoms with van der Waals surface area (Å²) in [5, 5.41) is 18.5. The van der Waals surface area contributed by atoms with Crippen molar-refractivity contribution in [2.24, 2.45) is 0 Å². The van der Waals surface area contributed by atoms with E-state index in [1.165, 1.54) is 30.3 Å². The number of ether oxygens (including phenoxy) is 1. The van der Waals surface area contributed by atoms with Crippen molar-refractivity contribution in [2.45, 2.75) is 0 Å². The predicted octanol–water partition coefficient (Wildman–Crippen LogP) is 2.15. The minimum atomic E-state index is -1.19. The number of aromatic carboxylic acids is 1. The molecule has 20 heavy (non-hydrogen) atoms. The zero-order chi connectivity index (χ0) is 13.8. The van der Waals surface area contributed by atoms with Gasteiger partial charge in [0.25, 0.3) is 0 Å². The first-order valence-corrected chi connectivity index (χ1v) is 5.42. The molecular formula is C14H12CaO5. The van der Waals surface area contributed by atoms with E-state index < -0.39 is 11.9 Å². The largest absolute Gasteiger partial charge is 2.00 e. The average Bonchev–Trinajstić information content (AvgIpc) is 2.39. The van der Waals surface area contributed by atoms with Gasteiger partial charge in [-0.1, -0.05) is 24.3 Å².